The van der Waals surface area contributed by atoms with Crippen LogP contribution in [0, 0.1) is 10.1 Å². The molecule has 0 saturated heterocycles. The van der Waals surface area contributed by atoms with Crippen LogP contribution in [0.5, 0.6) is 0 Å². The molecule has 0 aliphatic heterocycles. The number of aromatic nitrogens is 1. The maximum Gasteiger partial charge on any atom is 0.287 e. The van der Waals surface area contributed by atoms with Crippen LogP contribution in [0.25, 0.3) is 0 Å². The first-order valence-corrected chi connectivity index (χ1v) is 5.01. The molecule has 1 rings (SSSR count). The fourth-order valence-electron chi connectivity index (χ4n) is 1.28. The van der Waals surface area contributed by atoms with Gasteiger partial charge in [-0.15, -0.1) is 0 Å². The van der Waals surface area contributed by atoms with Gasteiger partial charge in [0, 0.05) is 13.1 Å². The number of nitrogens with one attached hydrogen (secondary N) is 1. The SMILES string of the molecule is Cn1cc([N+](=O)[O-])cc1C(=O)NC(C)(C)CO. The first kappa shape index (κ1) is 13.2. The number of rotatable bonds is 4. The number of nitrogens with zero attached hydrogens (tertiary/aromatic N) is 2. The zero-order valence-electron chi connectivity index (χ0n) is 9.93. The molecule has 0 saturated carbocycles. The summed E-state index contributed by atoms with van der Waals surface area (Å²) in [7, 11) is 1.55. The minimum atomic E-state index is -0.768. The zero-order valence-corrected chi connectivity index (χ0v) is 9.93. The van der Waals surface area contributed by atoms with Crippen LogP contribution in [-0.2, 0) is 7.05 Å². The van der Waals surface area contributed by atoms with Crippen molar-refractivity contribution < 1.29 is 14.8 Å². The van der Waals surface area contributed by atoms with E-state index in [1.807, 2.05) is 0 Å². The molecule has 0 fully saturated rings. The molecule has 7 nitrogen and oxygen atoms in total. The fourth-order valence-corrected chi connectivity index (χ4v) is 1.28. The summed E-state index contributed by atoms with van der Waals surface area (Å²) >= 11 is 0. The van der Waals surface area contributed by atoms with E-state index in [2.05, 4.69) is 5.32 Å². The molecule has 0 aliphatic carbocycles. The number of carbonyl (C=O) groups is 1. The van der Waals surface area contributed by atoms with E-state index in [1.165, 1.54) is 16.8 Å². The molecule has 94 valence electrons. The fraction of sp³-hybridized carbons (Fsp3) is 0.500. The average molecular weight is 241 g/mol. The second-order valence-electron chi connectivity index (χ2n) is 4.45. The number of nitro groups is 1. The van der Waals surface area contributed by atoms with E-state index in [4.69, 9.17) is 5.11 Å². The van der Waals surface area contributed by atoms with Gasteiger partial charge < -0.3 is 15.0 Å². The van der Waals surface area contributed by atoms with Gasteiger partial charge in [0.05, 0.1) is 23.3 Å². The Morgan fingerprint density at radius 3 is 2.65 bits per heavy atom. The van der Waals surface area contributed by atoms with E-state index < -0.39 is 16.4 Å². The zero-order chi connectivity index (χ0) is 13.2. The third-order valence-corrected chi connectivity index (χ3v) is 2.28. The van der Waals surface area contributed by atoms with Crippen LogP contribution in [0.3, 0.4) is 0 Å². The summed E-state index contributed by atoms with van der Waals surface area (Å²) < 4.78 is 1.38. The minimum Gasteiger partial charge on any atom is -0.394 e. The van der Waals surface area contributed by atoms with Crippen LogP contribution < -0.4 is 5.32 Å². The highest BCUT2D eigenvalue weighted by atomic mass is 16.6. The summed E-state index contributed by atoms with van der Waals surface area (Å²) in [5.41, 5.74) is -0.728. The molecule has 1 aromatic rings. The third kappa shape index (κ3) is 3.04. The number of aliphatic hydroxyl groups excluding tert-OH is 1. The number of aliphatic hydroxyl groups is 1. The Kier molecular flexibility index (Phi) is 3.52. The molecular weight excluding hydrogens is 226 g/mol. The molecular formula is C10H15N3O4. The van der Waals surface area contributed by atoms with Gasteiger partial charge >= 0.3 is 0 Å². The van der Waals surface area contributed by atoms with Gasteiger partial charge in [-0.1, -0.05) is 0 Å². The monoisotopic (exact) mass is 241 g/mol. The lowest BCUT2D eigenvalue weighted by molar-refractivity contribution is -0.384. The maximum atomic E-state index is 11.8. The lowest BCUT2D eigenvalue weighted by Crippen LogP contribution is -2.46. The molecule has 0 unspecified atom stereocenters. The molecule has 0 radical (unpaired) electrons. The van der Waals surface area contributed by atoms with Crippen LogP contribution >= 0.6 is 0 Å². The van der Waals surface area contributed by atoms with Gasteiger partial charge in [0.1, 0.15) is 5.69 Å². The van der Waals surface area contributed by atoms with Crippen molar-refractivity contribution in [2.45, 2.75) is 19.4 Å². The highest BCUT2D eigenvalue weighted by molar-refractivity contribution is 5.94. The summed E-state index contributed by atoms with van der Waals surface area (Å²) in [5.74, 6) is -0.459. The first-order valence-electron chi connectivity index (χ1n) is 5.01. The van der Waals surface area contributed by atoms with Crippen molar-refractivity contribution in [1.82, 2.24) is 9.88 Å². The van der Waals surface area contributed by atoms with Crippen LogP contribution in [0.2, 0.25) is 0 Å². The second kappa shape index (κ2) is 4.54. The Balaban J connectivity index is 2.93. The maximum absolute atomic E-state index is 11.8. The van der Waals surface area contributed by atoms with Gasteiger partial charge in [-0.2, -0.15) is 0 Å². The van der Waals surface area contributed by atoms with Crippen molar-refractivity contribution in [2.24, 2.45) is 7.05 Å². The van der Waals surface area contributed by atoms with E-state index >= 15 is 0 Å². The summed E-state index contributed by atoms with van der Waals surface area (Å²) in [6, 6.07) is 1.20. The van der Waals surface area contributed by atoms with E-state index in [1.54, 1.807) is 20.9 Å². The standard InChI is InChI=1S/C10H15N3O4/c1-10(2,6-14)11-9(15)8-4-7(13(16)17)5-12(8)3/h4-5,14H,6H2,1-3H3,(H,11,15). The largest absolute Gasteiger partial charge is 0.394 e. The topological polar surface area (TPSA) is 97.4 Å². The molecule has 2 N–H and O–H groups in total. The van der Waals surface area contributed by atoms with Crippen LogP contribution in [0.1, 0.15) is 24.3 Å². The number of hydrogen-bond acceptors (Lipinski definition) is 4. The van der Waals surface area contributed by atoms with Gasteiger partial charge in [0.2, 0.25) is 0 Å². The summed E-state index contributed by atoms with van der Waals surface area (Å²) in [4.78, 5) is 21.8. The Morgan fingerprint density at radius 1 is 1.65 bits per heavy atom. The average Bonchev–Trinajstić information content (AvgIpc) is 2.60. The van der Waals surface area contributed by atoms with Crippen molar-refractivity contribution in [3.8, 4) is 0 Å². The Morgan fingerprint density at radius 2 is 2.24 bits per heavy atom. The summed E-state index contributed by atoms with van der Waals surface area (Å²) in [6.07, 6.45) is 1.26. The number of aryl methyl sites for hydroxylation is 1. The van der Waals surface area contributed by atoms with Gasteiger partial charge in [-0.25, -0.2) is 0 Å². The van der Waals surface area contributed by atoms with Gasteiger partial charge in [-0.3, -0.25) is 14.9 Å². The molecule has 0 bridgehead atoms. The number of hydrogen-bond donors (Lipinski definition) is 2. The molecule has 7 heteroatoms. The molecule has 0 aromatic carbocycles. The summed E-state index contributed by atoms with van der Waals surface area (Å²) in [6.45, 7) is 3.09. The Hall–Kier alpha value is -1.89. The van der Waals surface area contributed by atoms with E-state index in [0.717, 1.165) is 0 Å². The molecule has 17 heavy (non-hydrogen) atoms. The molecule has 1 amide bonds. The van der Waals surface area contributed by atoms with Crippen molar-refractivity contribution >= 4 is 11.6 Å². The predicted molar refractivity (Wildman–Crippen MR) is 60.7 cm³/mol. The van der Waals surface area contributed by atoms with E-state index in [9.17, 15) is 14.9 Å². The van der Waals surface area contributed by atoms with Crippen molar-refractivity contribution in [2.75, 3.05) is 6.61 Å². The highest BCUT2D eigenvalue weighted by Crippen LogP contribution is 2.15. The number of carbonyl (C=O) groups excluding carboxylic acids is 1. The van der Waals surface area contributed by atoms with Crippen molar-refractivity contribution in [3.63, 3.8) is 0 Å². The normalized spacial score (nSPS) is 11.3. The number of amides is 1. The van der Waals surface area contributed by atoms with Gasteiger partial charge in [0.25, 0.3) is 11.6 Å². The Labute approximate surface area is 98.2 Å². The first-order chi connectivity index (χ1) is 7.76. The Bertz CT molecular complexity index is 450. The lowest BCUT2D eigenvalue weighted by atomic mass is 10.1. The third-order valence-electron chi connectivity index (χ3n) is 2.28. The highest BCUT2D eigenvalue weighted by Gasteiger charge is 2.23. The smallest absolute Gasteiger partial charge is 0.287 e. The van der Waals surface area contributed by atoms with Crippen LogP contribution in [0.4, 0.5) is 5.69 Å². The molecule has 1 aromatic heterocycles. The van der Waals surface area contributed by atoms with Gasteiger partial charge in [-0.05, 0) is 13.8 Å². The van der Waals surface area contributed by atoms with Gasteiger partial charge in [0.15, 0.2) is 0 Å². The minimum absolute atomic E-state index is 0.139. The van der Waals surface area contributed by atoms with Crippen molar-refractivity contribution in [1.29, 1.82) is 0 Å². The predicted octanol–water partition coefficient (Wildman–Crippen LogP) is 0.434. The van der Waals surface area contributed by atoms with Crippen LogP contribution in [-0.4, -0.2) is 32.6 Å². The molecule has 1 heterocycles. The van der Waals surface area contributed by atoms with Crippen molar-refractivity contribution in [3.05, 3.63) is 28.1 Å². The quantitative estimate of drug-likeness (QED) is 0.590. The summed E-state index contributed by atoms with van der Waals surface area (Å²) in [5, 5.41) is 22.2. The second-order valence-corrected chi connectivity index (χ2v) is 4.45. The molecule has 0 aliphatic rings. The van der Waals surface area contributed by atoms with E-state index in [-0.39, 0.29) is 18.0 Å². The van der Waals surface area contributed by atoms with Crippen LogP contribution in [0.15, 0.2) is 12.3 Å². The van der Waals surface area contributed by atoms with E-state index in [0.29, 0.717) is 0 Å². The lowest BCUT2D eigenvalue weighted by Gasteiger charge is -2.23. The molecule has 0 atom stereocenters. The molecule has 0 spiro atoms.